The van der Waals surface area contributed by atoms with Crippen molar-refractivity contribution in [3.05, 3.63) is 33.9 Å². The molecule has 0 spiro atoms. The summed E-state index contributed by atoms with van der Waals surface area (Å²) in [6, 6.07) is 4.17. The van der Waals surface area contributed by atoms with Gasteiger partial charge in [0.05, 0.1) is 4.92 Å². The van der Waals surface area contributed by atoms with Crippen molar-refractivity contribution in [2.75, 3.05) is 20.1 Å². The van der Waals surface area contributed by atoms with Crippen LogP contribution in [0, 0.1) is 17.0 Å². The molecule has 1 fully saturated rings. The van der Waals surface area contributed by atoms with Crippen LogP contribution in [-0.2, 0) is 10.0 Å². The molecule has 0 aromatic heterocycles. The van der Waals surface area contributed by atoms with Gasteiger partial charge in [0.25, 0.3) is 5.69 Å². The van der Waals surface area contributed by atoms with Gasteiger partial charge in [-0.1, -0.05) is 12.1 Å². The van der Waals surface area contributed by atoms with Crippen LogP contribution in [0.25, 0.3) is 0 Å². The van der Waals surface area contributed by atoms with Crippen LogP contribution in [0.3, 0.4) is 0 Å². The Balaban J connectivity index is 2.52. The number of sulfonamides is 1. The Kier molecular flexibility index (Phi) is 4.60. The van der Waals surface area contributed by atoms with E-state index in [-0.39, 0.29) is 16.6 Å². The number of hydrogen-bond acceptors (Lipinski definition) is 5. The topological polar surface area (TPSA) is 92.6 Å². The van der Waals surface area contributed by atoms with E-state index >= 15 is 0 Å². The van der Waals surface area contributed by atoms with Gasteiger partial charge < -0.3 is 5.32 Å². The second-order valence-corrected chi connectivity index (χ2v) is 6.98. The molecule has 1 aliphatic heterocycles. The molecular weight excluding hydrogens is 294 g/mol. The number of nitro groups is 1. The lowest BCUT2D eigenvalue weighted by molar-refractivity contribution is -0.387. The molecule has 1 aliphatic rings. The summed E-state index contributed by atoms with van der Waals surface area (Å²) in [5, 5.41) is 14.1. The lowest BCUT2D eigenvalue weighted by Gasteiger charge is -2.24. The number of rotatable bonds is 5. The summed E-state index contributed by atoms with van der Waals surface area (Å²) in [4.78, 5) is 10.3. The zero-order chi connectivity index (χ0) is 15.6. The highest BCUT2D eigenvalue weighted by Gasteiger charge is 2.39. The fourth-order valence-corrected chi connectivity index (χ4v) is 4.86. The molecular formula is C13H19N3O4S. The van der Waals surface area contributed by atoms with E-state index in [1.165, 1.54) is 16.4 Å². The third kappa shape index (κ3) is 2.92. The first-order chi connectivity index (χ1) is 9.89. The highest BCUT2D eigenvalue weighted by atomic mass is 32.2. The zero-order valence-corrected chi connectivity index (χ0v) is 12.9. The summed E-state index contributed by atoms with van der Waals surface area (Å²) in [7, 11) is -2.10. The fraction of sp³-hybridized carbons (Fsp3) is 0.538. The molecule has 8 heteroatoms. The van der Waals surface area contributed by atoms with Gasteiger partial charge in [-0.3, -0.25) is 10.1 Å². The van der Waals surface area contributed by atoms with Crippen LogP contribution in [0.2, 0.25) is 0 Å². The largest absolute Gasteiger partial charge is 0.318 e. The van der Waals surface area contributed by atoms with E-state index in [4.69, 9.17) is 0 Å². The van der Waals surface area contributed by atoms with Crippen molar-refractivity contribution in [3.8, 4) is 0 Å². The molecule has 1 unspecified atom stereocenters. The standard InChI is InChI=1S/C13H19N3O4S/c1-10-5-3-7-12(16(17)18)13(10)21(19,20)15-8-4-6-11(15)9-14-2/h3,5,7,11,14H,4,6,8-9H2,1-2H3. The van der Waals surface area contributed by atoms with Gasteiger partial charge in [0, 0.05) is 25.2 Å². The molecule has 0 amide bonds. The van der Waals surface area contributed by atoms with Gasteiger partial charge in [-0.25, -0.2) is 8.42 Å². The molecule has 116 valence electrons. The highest BCUT2D eigenvalue weighted by molar-refractivity contribution is 7.89. The second-order valence-electron chi connectivity index (χ2n) is 5.15. The van der Waals surface area contributed by atoms with Gasteiger partial charge in [-0.05, 0) is 32.4 Å². The Hall–Kier alpha value is -1.51. The number of nitrogens with one attached hydrogen (secondary N) is 1. The van der Waals surface area contributed by atoms with Crippen molar-refractivity contribution < 1.29 is 13.3 Å². The predicted molar refractivity (Wildman–Crippen MR) is 78.7 cm³/mol. The average Bonchev–Trinajstić information content (AvgIpc) is 2.87. The monoisotopic (exact) mass is 313 g/mol. The average molecular weight is 313 g/mol. The molecule has 1 aromatic carbocycles. The molecule has 0 radical (unpaired) electrons. The summed E-state index contributed by atoms with van der Waals surface area (Å²) in [5.41, 5.74) is 0.0458. The van der Waals surface area contributed by atoms with Gasteiger partial charge in [0.15, 0.2) is 4.90 Å². The molecule has 1 atom stereocenters. The molecule has 7 nitrogen and oxygen atoms in total. The minimum atomic E-state index is -3.86. The van der Waals surface area contributed by atoms with Gasteiger partial charge in [-0.15, -0.1) is 0 Å². The first kappa shape index (κ1) is 15.9. The molecule has 0 saturated carbocycles. The predicted octanol–water partition coefficient (Wildman–Crippen LogP) is 1.28. The summed E-state index contributed by atoms with van der Waals surface area (Å²) < 4.78 is 27.1. The second kappa shape index (κ2) is 6.08. The van der Waals surface area contributed by atoms with Gasteiger partial charge in [0.2, 0.25) is 10.0 Å². The smallest absolute Gasteiger partial charge is 0.289 e. The number of likely N-dealkylation sites (N-methyl/N-ethyl adjacent to an activating group) is 1. The maximum Gasteiger partial charge on any atom is 0.289 e. The zero-order valence-electron chi connectivity index (χ0n) is 12.1. The Bertz CT molecular complexity index is 645. The van der Waals surface area contributed by atoms with Crippen LogP contribution in [-0.4, -0.2) is 43.8 Å². The Morgan fingerprint density at radius 3 is 2.81 bits per heavy atom. The minimum Gasteiger partial charge on any atom is -0.318 e. The van der Waals surface area contributed by atoms with Crippen molar-refractivity contribution in [2.24, 2.45) is 0 Å². The van der Waals surface area contributed by atoms with E-state index in [1.807, 2.05) is 0 Å². The maximum atomic E-state index is 12.9. The molecule has 1 aromatic rings. The lowest BCUT2D eigenvalue weighted by atomic mass is 10.2. The van der Waals surface area contributed by atoms with Gasteiger partial charge >= 0.3 is 0 Å². The number of nitro benzene ring substituents is 1. The summed E-state index contributed by atoms with van der Waals surface area (Å²) in [6.45, 7) is 2.53. The summed E-state index contributed by atoms with van der Waals surface area (Å²) in [5.74, 6) is 0. The van der Waals surface area contributed by atoms with E-state index in [0.717, 1.165) is 12.8 Å². The van der Waals surface area contributed by atoms with E-state index in [1.54, 1.807) is 20.0 Å². The Morgan fingerprint density at radius 1 is 1.48 bits per heavy atom. The van der Waals surface area contributed by atoms with E-state index in [2.05, 4.69) is 5.32 Å². The molecule has 1 N–H and O–H groups in total. The van der Waals surface area contributed by atoms with E-state index < -0.39 is 14.9 Å². The van der Waals surface area contributed by atoms with Crippen molar-refractivity contribution in [2.45, 2.75) is 30.7 Å². The molecule has 1 saturated heterocycles. The van der Waals surface area contributed by atoms with Crippen LogP contribution >= 0.6 is 0 Å². The van der Waals surface area contributed by atoms with Crippen molar-refractivity contribution >= 4 is 15.7 Å². The number of aryl methyl sites for hydroxylation is 1. The van der Waals surface area contributed by atoms with Crippen LogP contribution < -0.4 is 5.32 Å². The fourth-order valence-electron chi connectivity index (χ4n) is 2.80. The van der Waals surface area contributed by atoms with E-state index in [9.17, 15) is 18.5 Å². The van der Waals surface area contributed by atoms with Crippen LogP contribution in [0.5, 0.6) is 0 Å². The Labute approximate surface area is 124 Å². The number of hydrogen-bond donors (Lipinski definition) is 1. The SMILES string of the molecule is CNCC1CCCN1S(=O)(=O)c1c(C)cccc1[N+](=O)[O-]. The van der Waals surface area contributed by atoms with Crippen LogP contribution in [0.1, 0.15) is 18.4 Å². The normalized spacial score (nSPS) is 19.8. The molecule has 21 heavy (non-hydrogen) atoms. The van der Waals surface area contributed by atoms with Crippen molar-refractivity contribution in [1.82, 2.24) is 9.62 Å². The molecule has 0 bridgehead atoms. The van der Waals surface area contributed by atoms with Crippen molar-refractivity contribution in [3.63, 3.8) is 0 Å². The molecule has 2 rings (SSSR count). The quantitative estimate of drug-likeness (QED) is 0.653. The van der Waals surface area contributed by atoms with E-state index in [0.29, 0.717) is 18.7 Å². The first-order valence-corrected chi connectivity index (χ1v) is 8.24. The highest BCUT2D eigenvalue weighted by Crippen LogP contribution is 2.33. The van der Waals surface area contributed by atoms with Crippen LogP contribution in [0.4, 0.5) is 5.69 Å². The maximum absolute atomic E-state index is 12.9. The van der Waals surface area contributed by atoms with Gasteiger partial charge in [0.1, 0.15) is 0 Å². The number of nitrogens with zero attached hydrogens (tertiary/aromatic N) is 2. The first-order valence-electron chi connectivity index (χ1n) is 6.80. The van der Waals surface area contributed by atoms with Gasteiger partial charge in [-0.2, -0.15) is 4.31 Å². The third-order valence-corrected chi connectivity index (χ3v) is 5.86. The molecule has 1 heterocycles. The number of benzene rings is 1. The summed E-state index contributed by atoms with van der Waals surface area (Å²) >= 11 is 0. The third-order valence-electron chi connectivity index (χ3n) is 3.72. The van der Waals surface area contributed by atoms with Crippen LogP contribution in [0.15, 0.2) is 23.1 Å². The summed E-state index contributed by atoms with van der Waals surface area (Å²) in [6.07, 6.45) is 1.53. The Morgan fingerprint density at radius 2 is 2.19 bits per heavy atom. The minimum absolute atomic E-state index is 0.154. The van der Waals surface area contributed by atoms with Crippen molar-refractivity contribution in [1.29, 1.82) is 0 Å². The lowest BCUT2D eigenvalue weighted by Crippen LogP contribution is -2.41. The molecule has 0 aliphatic carbocycles.